The van der Waals surface area contributed by atoms with Crippen LogP contribution in [0.3, 0.4) is 0 Å². The summed E-state index contributed by atoms with van der Waals surface area (Å²) in [6.07, 6.45) is -17.8. The lowest BCUT2D eigenvalue weighted by molar-refractivity contribution is -0.321. The first-order valence-electron chi connectivity index (χ1n) is 12.3. The summed E-state index contributed by atoms with van der Waals surface area (Å²) in [5.41, 5.74) is 0. The molecule has 12 N–H and O–H groups in total. The first kappa shape index (κ1) is 34.6. The Bertz CT molecular complexity index is 968. The van der Waals surface area contributed by atoms with Gasteiger partial charge in [-0.1, -0.05) is 0 Å². The Kier molecular flexibility index (Phi) is 11.5. The van der Waals surface area contributed by atoms with Crippen LogP contribution in [-0.2, 0) is 33.4 Å². The molecule has 0 aromatic rings. The van der Waals surface area contributed by atoms with E-state index in [1.807, 2.05) is 0 Å². The lowest BCUT2D eigenvalue weighted by Gasteiger charge is -2.47. The molecule has 0 aromatic carbocycles. The SMILES string of the molecule is CC(=O)N[C@H]1C([C@H](O)[C@H](O)CO)O[C@@](OC[C@@H](O)[C@@H](O)C2O[C@](O)(C(=O)O)C[C@H](O)[C@H]2NC(C)=O)(C(=O)O)C[C@@H]1O. The predicted molar refractivity (Wildman–Crippen MR) is 126 cm³/mol. The zero-order chi connectivity index (χ0) is 31.4. The van der Waals surface area contributed by atoms with Crippen molar-refractivity contribution in [1.82, 2.24) is 10.6 Å². The Hall–Kier alpha value is -2.56. The average Bonchev–Trinajstić information content (AvgIpc) is 2.88. The van der Waals surface area contributed by atoms with E-state index >= 15 is 0 Å². The topological polar surface area (TPSA) is 322 Å². The molecule has 41 heavy (non-hydrogen) atoms. The summed E-state index contributed by atoms with van der Waals surface area (Å²) in [5.74, 6) is -11.3. The molecule has 2 amide bonds. The van der Waals surface area contributed by atoms with Gasteiger partial charge in [-0.3, -0.25) is 9.59 Å². The summed E-state index contributed by atoms with van der Waals surface area (Å²) in [5, 5.41) is 106. The maximum atomic E-state index is 12.2. The molecule has 0 aromatic heterocycles. The highest BCUT2D eigenvalue weighted by molar-refractivity contribution is 5.77. The van der Waals surface area contributed by atoms with Gasteiger partial charge >= 0.3 is 11.9 Å². The summed E-state index contributed by atoms with van der Waals surface area (Å²) in [7, 11) is 0. The van der Waals surface area contributed by atoms with Crippen LogP contribution in [0.5, 0.6) is 0 Å². The fourth-order valence-corrected chi connectivity index (χ4v) is 4.62. The summed E-state index contributed by atoms with van der Waals surface area (Å²) >= 11 is 0. The smallest absolute Gasteiger partial charge is 0.364 e. The van der Waals surface area contributed by atoms with Crippen molar-refractivity contribution in [3.63, 3.8) is 0 Å². The van der Waals surface area contributed by atoms with Gasteiger partial charge in [0, 0.05) is 26.7 Å². The van der Waals surface area contributed by atoms with E-state index in [9.17, 15) is 70.2 Å². The molecular formula is C22H36N2O17. The number of amides is 2. The van der Waals surface area contributed by atoms with E-state index in [-0.39, 0.29) is 0 Å². The molecule has 2 heterocycles. The third-order valence-electron chi connectivity index (χ3n) is 6.69. The molecular weight excluding hydrogens is 564 g/mol. The first-order chi connectivity index (χ1) is 18.9. The van der Waals surface area contributed by atoms with E-state index in [0.717, 1.165) is 13.8 Å². The van der Waals surface area contributed by atoms with E-state index in [2.05, 4.69) is 10.6 Å². The van der Waals surface area contributed by atoms with E-state index in [1.165, 1.54) is 0 Å². The third kappa shape index (κ3) is 7.84. The lowest BCUT2D eigenvalue weighted by Crippen LogP contribution is -2.68. The van der Waals surface area contributed by atoms with E-state index < -0.39 is 122 Å². The normalized spacial score (nSPS) is 36.8. The van der Waals surface area contributed by atoms with Crippen molar-refractivity contribution in [3.05, 3.63) is 0 Å². The van der Waals surface area contributed by atoms with Crippen molar-refractivity contribution < 1.29 is 84.5 Å². The molecule has 12 atom stereocenters. The highest BCUT2D eigenvalue weighted by Gasteiger charge is 2.57. The van der Waals surface area contributed by atoms with Gasteiger partial charge in [0.1, 0.15) is 36.6 Å². The number of ether oxygens (including phenoxy) is 3. The fourth-order valence-electron chi connectivity index (χ4n) is 4.62. The van der Waals surface area contributed by atoms with Gasteiger partial charge < -0.3 is 75.9 Å². The van der Waals surface area contributed by atoms with E-state index in [4.69, 9.17) is 14.2 Å². The summed E-state index contributed by atoms with van der Waals surface area (Å²) in [4.78, 5) is 46.9. The molecule has 19 heteroatoms. The second-order valence-corrected chi connectivity index (χ2v) is 9.92. The molecule has 0 radical (unpaired) electrons. The zero-order valence-electron chi connectivity index (χ0n) is 21.9. The molecule has 2 fully saturated rings. The molecule has 0 saturated carbocycles. The number of carboxylic acid groups (broad SMARTS) is 2. The quantitative estimate of drug-likeness (QED) is 0.0990. The van der Waals surface area contributed by atoms with Crippen molar-refractivity contribution in [3.8, 4) is 0 Å². The van der Waals surface area contributed by atoms with Crippen LogP contribution in [0.2, 0.25) is 0 Å². The number of aliphatic hydroxyl groups excluding tert-OH is 7. The number of aliphatic hydroxyl groups is 8. The molecule has 2 saturated heterocycles. The van der Waals surface area contributed by atoms with Gasteiger partial charge in [0.15, 0.2) is 0 Å². The maximum Gasteiger partial charge on any atom is 0.364 e. The van der Waals surface area contributed by atoms with Gasteiger partial charge in [-0.2, -0.15) is 0 Å². The Morgan fingerprint density at radius 1 is 0.829 bits per heavy atom. The van der Waals surface area contributed by atoms with Crippen molar-refractivity contribution in [2.75, 3.05) is 13.2 Å². The van der Waals surface area contributed by atoms with E-state index in [0.29, 0.717) is 0 Å². The van der Waals surface area contributed by atoms with Gasteiger partial charge in [0.25, 0.3) is 11.6 Å². The molecule has 0 spiro atoms. The molecule has 2 unspecified atom stereocenters. The van der Waals surface area contributed by atoms with Crippen LogP contribution in [0.15, 0.2) is 0 Å². The summed E-state index contributed by atoms with van der Waals surface area (Å²) in [6, 6.07) is -3.06. The number of hydrogen-bond donors (Lipinski definition) is 12. The van der Waals surface area contributed by atoms with Gasteiger partial charge in [-0.15, -0.1) is 0 Å². The van der Waals surface area contributed by atoms with Crippen LogP contribution in [0.4, 0.5) is 0 Å². The standard InChI is InChI=1S/C22H36N2O17/c1-7(26)23-13-9(28)3-21(38,19(34)35)40-17(13)16(33)12(31)6-39-22(20(36)37)4-10(29)14(24-8(2)27)18(41-22)15(32)11(30)5-25/h9-18,25,28-33,38H,3-6H2,1-2H3,(H,23,26)(H,24,27)(H,34,35)(H,36,37)/t9-,10-,11+,12+,13+,14+,15+,16+,17?,18?,21-,22+/m0/s1. The van der Waals surface area contributed by atoms with Crippen LogP contribution in [0, 0.1) is 0 Å². The molecule has 19 nitrogen and oxygen atoms in total. The van der Waals surface area contributed by atoms with Crippen molar-refractivity contribution in [2.45, 2.75) is 99.2 Å². The minimum absolute atomic E-state index is 0.736. The van der Waals surface area contributed by atoms with Crippen LogP contribution < -0.4 is 10.6 Å². The minimum Gasteiger partial charge on any atom is -0.477 e. The Labute approximate surface area is 231 Å². The maximum absolute atomic E-state index is 12.2. The number of carboxylic acids is 2. The van der Waals surface area contributed by atoms with Gasteiger partial charge in [0.05, 0.1) is 37.5 Å². The Morgan fingerprint density at radius 3 is 1.73 bits per heavy atom. The van der Waals surface area contributed by atoms with Crippen molar-refractivity contribution in [1.29, 1.82) is 0 Å². The van der Waals surface area contributed by atoms with Crippen molar-refractivity contribution in [2.24, 2.45) is 0 Å². The van der Waals surface area contributed by atoms with Crippen LogP contribution in [-0.4, -0.2) is 161 Å². The number of hydrogen-bond acceptors (Lipinski definition) is 15. The van der Waals surface area contributed by atoms with Gasteiger partial charge in [-0.05, 0) is 0 Å². The minimum atomic E-state index is -3.05. The number of carbonyl (C=O) groups excluding carboxylic acids is 2. The molecule has 2 rings (SSSR count). The first-order valence-corrected chi connectivity index (χ1v) is 12.3. The Morgan fingerprint density at radius 2 is 1.29 bits per heavy atom. The average molecular weight is 601 g/mol. The summed E-state index contributed by atoms with van der Waals surface area (Å²) < 4.78 is 15.6. The molecule has 236 valence electrons. The number of nitrogens with one attached hydrogen (secondary N) is 2. The Balaban J connectivity index is 2.32. The number of rotatable bonds is 12. The predicted octanol–water partition coefficient (Wildman–Crippen LogP) is -6.70. The molecule has 0 bridgehead atoms. The molecule has 2 aliphatic heterocycles. The summed E-state index contributed by atoms with van der Waals surface area (Å²) in [6.45, 7) is -0.134. The van der Waals surface area contributed by atoms with Gasteiger partial charge in [0.2, 0.25) is 11.8 Å². The van der Waals surface area contributed by atoms with Crippen molar-refractivity contribution >= 4 is 23.8 Å². The molecule has 2 aliphatic rings. The number of carbonyl (C=O) groups is 4. The van der Waals surface area contributed by atoms with Crippen LogP contribution >= 0.6 is 0 Å². The molecule has 0 aliphatic carbocycles. The van der Waals surface area contributed by atoms with E-state index in [1.54, 1.807) is 0 Å². The highest BCUT2D eigenvalue weighted by Crippen LogP contribution is 2.35. The second-order valence-electron chi connectivity index (χ2n) is 9.92. The van der Waals surface area contributed by atoms with Crippen LogP contribution in [0.1, 0.15) is 26.7 Å². The van der Waals surface area contributed by atoms with Crippen LogP contribution in [0.25, 0.3) is 0 Å². The van der Waals surface area contributed by atoms with Gasteiger partial charge in [-0.25, -0.2) is 9.59 Å². The second kappa shape index (κ2) is 13.6. The zero-order valence-corrected chi connectivity index (χ0v) is 21.9. The number of aliphatic carboxylic acids is 2. The lowest BCUT2D eigenvalue weighted by atomic mass is 9.88. The highest BCUT2D eigenvalue weighted by atomic mass is 16.7. The fraction of sp³-hybridized carbons (Fsp3) is 0.818. The monoisotopic (exact) mass is 600 g/mol. The largest absolute Gasteiger partial charge is 0.477 e. The third-order valence-corrected chi connectivity index (χ3v) is 6.69.